The van der Waals surface area contributed by atoms with Crippen molar-refractivity contribution >= 4 is 28.3 Å². The van der Waals surface area contributed by atoms with Gasteiger partial charge >= 0.3 is 0 Å². The lowest BCUT2D eigenvalue weighted by molar-refractivity contribution is -0.118. The van der Waals surface area contributed by atoms with Gasteiger partial charge in [-0.25, -0.2) is 0 Å². The molecule has 33 heavy (non-hydrogen) atoms. The van der Waals surface area contributed by atoms with Gasteiger partial charge in [-0.2, -0.15) is 0 Å². The number of para-hydroxylation sites is 1. The van der Waals surface area contributed by atoms with Crippen LogP contribution in [0.15, 0.2) is 77.2 Å². The highest BCUT2D eigenvalue weighted by atomic mass is 16.5. The second-order valence-electron chi connectivity index (χ2n) is 7.92. The van der Waals surface area contributed by atoms with E-state index in [0.717, 1.165) is 0 Å². The highest BCUT2D eigenvalue weighted by Gasteiger charge is 2.23. The molecule has 4 aromatic rings. The second-order valence-corrected chi connectivity index (χ2v) is 7.92. The molecule has 0 saturated heterocycles. The number of methoxy groups -OCH3 is 1. The van der Waals surface area contributed by atoms with Gasteiger partial charge in [0.1, 0.15) is 17.1 Å². The number of benzene rings is 3. The third-order valence-electron chi connectivity index (χ3n) is 5.34. The van der Waals surface area contributed by atoms with Crippen LogP contribution in [0.2, 0.25) is 0 Å². The molecule has 0 aliphatic rings. The first-order valence-electron chi connectivity index (χ1n) is 10.7. The highest BCUT2D eigenvalue weighted by molar-refractivity contribution is 6.17. The SMILES string of the molecule is COc1ccc(C(=O)c2oc3ccccc3c2NC(=O)COc2ccc(C(C)C)cc2)cc1. The molecule has 1 heterocycles. The maximum absolute atomic E-state index is 13.2. The molecule has 0 saturated carbocycles. The summed E-state index contributed by atoms with van der Waals surface area (Å²) in [7, 11) is 1.56. The summed E-state index contributed by atoms with van der Waals surface area (Å²) in [5.74, 6) is 0.992. The number of fused-ring (bicyclic) bond motifs is 1. The molecule has 0 unspecified atom stereocenters. The average molecular weight is 443 g/mol. The van der Waals surface area contributed by atoms with Gasteiger partial charge < -0.3 is 19.2 Å². The molecule has 0 bridgehead atoms. The van der Waals surface area contributed by atoms with Crippen LogP contribution in [0.25, 0.3) is 11.0 Å². The number of carbonyl (C=O) groups excluding carboxylic acids is 2. The minimum absolute atomic E-state index is 0.0657. The van der Waals surface area contributed by atoms with E-state index in [1.54, 1.807) is 43.5 Å². The van der Waals surface area contributed by atoms with Crippen molar-refractivity contribution in [1.29, 1.82) is 0 Å². The Bertz CT molecular complexity index is 1270. The van der Waals surface area contributed by atoms with E-state index in [2.05, 4.69) is 19.2 Å². The molecule has 1 amide bonds. The molecule has 0 aliphatic heterocycles. The van der Waals surface area contributed by atoms with Crippen LogP contribution >= 0.6 is 0 Å². The Kier molecular flexibility index (Phi) is 6.45. The maximum Gasteiger partial charge on any atom is 0.262 e. The van der Waals surface area contributed by atoms with E-state index in [1.165, 1.54) is 5.56 Å². The molecule has 3 aromatic carbocycles. The fourth-order valence-corrected chi connectivity index (χ4v) is 3.48. The van der Waals surface area contributed by atoms with Crippen LogP contribution in [-0.2, 0) is 4.79 Å². The molecular formula is C27H25NO5. The van der Waals surface area contributed by atoms with Crippen LogP contribution in [0.4, 0.5) is 5.69 Å². The predicted octanol–water partition coefficient (Wildman–Crippen LogP) is 5.81. The number of furan rings is 1. The molecule has 6 nitrogen and oxygen atoms in total. The minimum Gasteiger partial charge on any atom is -0.497 e. The third kappa shape index (κ3) is 4.90. The fraction of sp³-hybridized carbons (Fsp3) is 0.185. The summed E-state index contributed by atoms with van der Waals surface area (Å²) >= 11 is 0. The summed E-state index contributed by atoms with van der Waals surface area (Å²) in [6, 6.07) is 21.5. The molecule has 6 heteroatoms. The van der Waals surface area contributed by atoms with E-state index in [1.807, 2.05) is 36.4 Å². The number of amides is 1. The maximum atomic E-state index is 13.2. The lowest BCUT2D eigenvalue weighted by Crippen LogP contribution is -2.21. The molecule has 0 atom stereocenters. The number of ether oxygens (including phenoxy) is 2. The van der Waals surface area contributed by atoms with Crippen LogP contribution in [-0.4, -0.2) is 25.4 Å². The van der Waals surface area contributed by atoms with Gasteiger partial charge in [0.05, 0.1) is 12.8 Å². The average Bonchev–Trinajstić information content (AvgIpc) is 3.21. The van der Waals surface area contributed by atoms with Crippen LogP contribution in [0.3, 0.4) is 0 Å². The van der Waals surface area contributed by atoms with Crippen molar-refractivity contribution in [1.82, 2.24) is 0 Å². The van der Waals surface area contributed by atoms with Crippen LogP contribution in [0.1, 0.15) is 41.4 Å². The summed E-state index contributed by atoms with van der Waals surface area (Å²) in [6.45, 7) is 4.03. The highest BCUT2D eigenvalue weighted by Crippen LogP contribution is 2.33. The lowest BCUT2D eigenvalue weighted by atomic mass is 10.0. The number of nitrogens with one attached hydrogen (secondary N) is 1. The normalized spacial score (nSPS) is 10.9. The monoisotopic (exact) mass is 443 g/mol. The van der Waals surface area contributed by atoms with Crippen molar-refractivity contribution in [2.75, 3.05) is 19.0 Å². The summed E-state index contributed by atoms with van der Waals surface area (Å²) in [5.41, 5.74) is 2.45. The Hall–Kier alpha value is -4.06. The first kappa shape index (κ1) is 22.1. The summed E-state index contributed by atoms with van der Waals surface area (Å²) in [6.07, 6.45) is 0. The Morgan fingerprint density at radius 1 is 0.909 bits per heavy atom. The van der Waals surface area contributed by atoms with E-state index in [0.29, 0.717) is 39.6 Å². The number of hydrogen-bond acceptors (Lipinski definition) is 5. The zero-order chi connectivity index (χ0) is 23.4. The molecule has 0 radical (unpaired) electrons. The molecule has 1 N–H and O–H groups in total. The van der Waals surface area contributed by atoms with Gasteiger partial charge in [0.2, 0.25) is 5.78 Å². The molecule has 0 aliphatic carbocycles. The van der Waals surface area contributed by atoms with E-state index in [4.69, 9.17) is 13.9 Å². The Balaban J connectivity index is 1.54. The van der Waals surface area contributed by atoms with Crippen molar-refractivity contribution in [3.05, 3.63) is 89.7 Å². The van der Waals surface area contributed by atoms with E-state index in [-0.39, 0.29) is 18.2 Å². The van der Waals surface area contributed by atoms with Crippen molar-refractivity contribution in [3.63, 3.8) is 0 Å². The topological polar surface area (TPSA) is 77.8 Å². The van der Waals surface area contributed by atoms with E-state index >= 15 is 0 Å². The zero-order valence-electron chi connectivity index (χ0n) is 18.8. The number of hydrogen-bond donors (Lipinski definition) is 1. The van der Waals surface area contributed by atoms with Gasteiger partial charge in [0.25, 0.3) is 5.91 Å². The molecule has 4 rings (SSSR count). The minimum atomic E-state index is -0.390. The van der Waals surface area contributed by atoms with Gasteiger partial charge in [-0.1, -0.05) is 38.1 Å². The number of ketones is 1. The molecule has 0 fully saturated rings. The van der Waals surface area contributed by atoms with Crippen molar-refractivity contribution in [3.8, 4) is 11.5 Å². The first-order chi connectivity index (χ1) is 16.0. The molecule has 1 aromatic heterocycles. The summed E-state index contributed by atoms with van der Waals surface area (Å²) in [5, 5.41) is 3.45. The zero-order valence-corrected chi connectivity index (χ0v) is 18.8. The predicted molar refractivity (Wildman–Crippen MR) is 127 cm³/mol. The molecular weight excluding hydrogens is 418 g/mol. The van der Waals surface area contributed by atoms with Gasteiger partial charge in [-0.05, 0) is 60.0 Å². The third-order valence-corrected chi connectivity index (χ3v) is 5.34. The van der Waals surface area contributed by atoms with Gasteiger partial charge in [-0.15, -0.1) is 0 Å². The van der Waals surface area contributed by atoms with Gasteiger partial charge in [0.15, 0.2) is 12.4 Å². The lowest BCUT2D eigenvalue weighted by Gasteiger charge is -2.10. The van der Waals surface area contributed by atoms with Crippen molar-refractivity contribution < 1.29 is 23.5 Å². The summed E-state index contributed by atoms with van der Waals surface area (Å²) in [4.78, 5) is 25.9. The Labute approximate surface area is 192 Å². The van der Waals surface area contributed by atoms with Gasteiger partial charge in [-0.3, -0.25) is 9.59 Å². The summed E-state index contributed by atoms with van der Waals surface area (Å²) < 4.78 is 16.6. The van der Waals surface area contributed by atoms with Crippen molar-refractivity contribution in [2.45, 2.75) is 19.8 Å². The van der Waals surface area contributed by atoms with Gasteiger partial charge in [0, 0.05) is 10.9 Å². The smallest absolute Gasteiger partial charge is 0.262 e. The number of carbonyl (C=O) groups is 2. The van der Waals surface area contributed by atoms with Crippen LogP contribution in [0, 0.1) is 0 Å². The standard InChI is InChI=1S/C27H25NO5/c1-17(2)18-8-14-21(15-9-18)32-16-24(29)28-25-22-6-4-5-7-23(22)33-27(25)26(30)19-10-12-20(31-3)13-11-19/h4-15,17H,16H2,1-3H3,(H,28,29). The second kappa shape index (κ2) is 9.61. The largest absolute Gasteiger partial charge is 0.497 e. The molecule has 168 valence electrons. The van der Waals surface area contributed by atoms with E-state index in [9.17, 15) is 9.59 Å². The Morgan fingerprint density at radius 3 is 2.24 bits per heavy atom. The van der Waals surface area contributed by atoms with Crippen LogP contribution < -0.4 is 14.8 Å². The fourth-order valence-electron chi connectivity index (χ4n) is 3.48. The number of anilines is 1. The van der Waals surface area contributed by atoms with Crippen molar-refractivity contribution in [2.24, 2.45) is 0 Å². The van der Waals surface area contributed by atoms with Crippen LogP contribution in [0.5, 0.6) is 11.5 Å². The Morgan fingerprint density at radius 2 is 1.58 bits per heavy atom. The number of rotatable bonds is 8. The van der Waals surface area contributed by atoms with E-state index < -0.39 is 5.91 Å². The first-order valence-corrected chi connectivity index (χ1v) is 10.7. The molecule has 0 spiro atoms. The quantitative estimate of drug-likeness (QED) is 0.348.